The summed E-state index contributed by atoms with van der Waals surface area (Å²) in [5.41, 5.74) is 7.21. The summed E-state index contributed by atoms with van der Waals surface area (Å²) < 4.78 is 1.18. The summed E-state index contributed by atoms with van der Waals surface area (Å²) in [7, 11) is 1.99. The van der Waals surface area contributed by atoms with E-state index in [1.807, 2.05) is 7.05 Å². The minimum absolute atomic E-state index is 0.457. The van der Waals surface area contributed by atoms with Crippen molar-refractivity contribution in [2.75, 3.05) is 12.4 Å². The Bertz CT molecular complexity index is 645. The quantitative estimate of drug-likeness (QED) is 0.833. The second kappa shape index (κ2) is 5.12. The van der Waals surface area contributed by atoms with Gasteiger partial charge in [0.1, 0.15) is 0 Å². The predicted octanol–water partition coefficient (Wildman–Crippen LogP) is 5.09. The number of aromatic nitrogens is 1. The molecule has 0 radical (unpaired) electrons. The summed E-state index contributed by atoms with van der Waals surface area (Å²) in [6.45, 7) is 10.8. The van der Waals surface area contributed by atoms with Gasteiger partial charge in [-0.25, -0.2) is 0 Å². The van der Waals surface area contributed by atoms with Crippen LogP contribution in [0.4, 0.5) is 5.69 Å². The number of nitrogens with one attached hydrogen (secondary N) is 1. The number of rotatable bonds is 2. The molecule has 1 heterocycles. The lowest BCUT2D eigenvalue weighted by Crippen LogP contribution is -2.05. The van der Waals surface area contributed by atoms with Crippen molar-refractivity contribution in [2.24, 2.45) is 0 Å². The van der Waals surface area contributed by atoms with Crippen LogP contribution in [0.15, 0.2) is 10.5 Å². The van der Waals surface area contributed by atoms with Crippen LogP contribution in [0.1, 0.15) is 42.1 Å². The maximum absolute atomic E-state index is 4.81. The van der Waals surface area contributed by atoms with Crippen LogP contribution in [0.3, 0.4) is 0 Å². The molecule has 0 fully saturated rings. The Morgan fingerprint density at radius 3 is 2.37 bits per heavy atom. The molecule has 2 rings (SSSR count). The van der Waals surface area contributed by atoms with E-state index in [1.54, 1.807) is 0 Å². The van der Waals surface area contributed by atoms with Gasteiger partial charge in [-0.2, -0.15) is 0 Å². The molecule has 19 heavy (non-hydrogen) atoms. The van der Waals surface area contributed by atoms with Gasteiger partial charge < -0.3 is 5.32 Å². The highest BCUT2D eigenvalue weighted by molar-refractivity contribution is 9.10. The maximum Gasteiger partial charge on any atom is 0.0732 e. The van der Waals surface area contributed by atoms with Crippen LogP contribution < -0.4 is 5.32 Å². The van der Waals surface area contributed by atoms with Crippen LogP contribution in [0.2, 0.25) is 0 Å². The molecule has 3 heteroatoms. The van der Waals surface area contributed by atoms with Gasteiger partial charge in [0.05, 0.1) is 5.52 Å². The molecule has 0 aliphatic heterocycles. The van der Waals surface area contributed by atoms with Gasteiger partial charge in [-0.1, -0.05) is 29.8 Å². The second-order valence-electron chi connectivity index (χ2n) is 5.42. The van der Waals surface area contributed by atoms with Crippen molar-refractivity contribution < 1.29 is 0 Å². The first-order valence-corrected chi connectivity index (χ1v) is 7.45. The van der Waals surface area contributed by atoms with Crippen molar-refractivity contribution in [1.29, 1.82) is 0 Å². The van der Waals surface area contributed by atoms with Crippen molar-refractivity contribution in [2.45, 2.75) is 40.5 Å². The summed E-state index contributed by atoms with van der Waals surface area (Å²) in [5, 5.41) is 4.62. The predicted molar refractivity (Wildman–Crippen MR) is 87.3 cm³/mol. The second-order valence-corrected chi connectivity index (χ2v) is 6.21. The Hall–Kier alpha value is -1.09. The minimum Gasteiger partial charge on any atom is -0.387 e. The maximum atomic E-state index is 4.81. The van der Waals surface area contributed by atoms with Crippen molar-refractivity contribution in [3.05, 3.63) is 32.9 Å². The summed E-state index contributed by atoms with van der Waals surface area (Å²) in [5.74, 6) is 0.457. The van der Waals surface area contributed by atoms with Gasteiger partial charge in [0.2, 0.25) is 0 Å². The lowest BCUT2D eigenvalue weighted by atomic mass is 9.94. The van der Waals surface area contributed by atoms with Gasteiger partial charge in [0.15, 0.2) is 0 Å². The topological polar surface area (TPSA) is 24.9 Å². The zero-order valence-corrected chi connectivity index (χ0v) is 14.1. The molecular formula is C16H21BrN2. The monoisotopic (exact) mass is 320 g/mol. The van der Waals surface area contributed by atoms with E-state index < -0.39 is 0 Å². The molecule has 0 spiro atoms. The van der Waals surface area contributed by atoms with Gasteiger partial charge in [-0.15, -0.1) is 0 Å². The zero-order chi connectivity index (χ0) is 14.3. The van der Waals surface area contributed by atoms with Crippen LogP contribution in [-0.2, 0) is 0 Å². The van der Waals surface area contributed by atoms with E-state index in [0.29, 0.717) is 5.92 Å². The summed E-state index contributed by atoms with van der Waals surface area (Å²) in [6.07, 6.45) is 0. The van der Waals surface area contributed by atoms with Crippen LogP contribution >= 0.6 is 15.9 Å². The van der Waals surface area contributed by atoms with Gasteiger partial charge in [0, 0.05) is 28.3 Å². The molecule has 0 saturated carbocycles. The lowest BCUT2D eigenvalue weighted by molar-refractivity contribution is 0.849. The Kier molecular flexibility index (Phi) is 3.86. The number of hydrogen-bond donors (Lipinski definition) is 1. The molecule has 1 aromatic carbocycles. The zero-order valence-electron chi connectivity index (χ0n) is 12.5. The number of hydrogen-bond acceptors (Lipinski definition) is 2. The first-order chi connectivity index (χ1) is 8.88. The highest BCUT2D eigenvalue weighted by Crippen LogP contribution is 2.38. The molecule has 0 aliphatic carbocycles. The number of aryl methyl sites for hydroxylation is 3. The molecule has 1 aromatic heterocycles. The van der Waals surface area contributed by atoms with Crippen LogP contribution in [0.25, 0.3) is 10.9 Å². The fourth-order valence-electron chi connectivity index (χ4n) is 2.86. The molecular weight excluding hydrogens is 300 g/mol. The van der Waals surface area contributed by atoms with E-state index in [2.05, 4.69) is 61.9 Å². The smallest absolute Gasteiger partial charge is 0.0732 e. The van der Waals surface area contributed by atoms with E-state index in [9.17, 15) is 0 Å². The molecule has 0 bridgehead atoms. The number of nitrogens with zero attached hydrogens (tertiary/aromatic N) is 1. The molecule has 0 aliphatic rings. The largest absolute Gasteiger partial charge is 0.387 e. The van der Waals surface area contributed by atoms with E-state index in [0.717, 1.165) is 11.2 Å². The van der Waals surface area contributed by atoms with E-state index in [-0.39, 0.29) is 0 Å². The lowest BCUT2D eigenvalue weighted by Gasteiger charge is -2.20. The highest BCUT2D eigenvalue weighted by Gasteiger charge is 2.17. The number of halogens is 1. The van der Waals surface area contributed by atoms with Gasteiger partial charge in [0.25, 0.3) is 0 Å². The molecule has 102 valence electrons. The van der Waals surface area contributed by atoms with E-state index in [1.165, 1.54) is 32.2 Å². The summed E-state index contributed by atoms with van der Waals surface area (Å²) in [4.78, 5) is 4.81. The Morgan fingerprint density at radius 2 is 1.84 bits per heavy atom. The van der Waals surface area contributed by atoms with Gasteiger partial charge in [-0.3, -0.25) is 4.98 Å². The third-order valence-electron chi connectivity index (χ3n) is 3.68. The molecule has 2 nitrogen and oxygen atoms in total. The number of fused-ring (bicyclic) bond motifs is 1. The first kappa shape index (κ1) is 14.3. The number of pyridine rings is 1. The molecule has 0 amide bonds. The molecule has 0 saturated heterocycles. The molecule has 0 atom stereocenters. The fraction of sp³-hybridized carbons (Fsp3) is 0.438. The van der Waals surface area contributed by atoms with Crippen molar-refractivity contribution >= 4 is 32.5 Å². The minimum atomic E-state index is 0.457. The Morgan fingerprint density at radius 1 is 1.21 bits per heavy atom. The average molecular weight is 321 g/mol. The third-order valence-corrected chi connectivity index (χ3v) is 4.90. The van der Waals surface area contributed by atoms with Crippen LogP contribution in [-0.4, -0.2) is 12.0 Å². The third kappa shape index (κ3) is 2.25. The Labute approximate surface area is 123 Å². The molecule has 1 N–H and O–H groups in total. The van der Waals surface area contributed by atoms with Crippen LogP contribution in [0, 0.1) is 20.8 Å². The standard InChI is InChI=1S/C16H21BrN2/c1-8(2)13-11(5)19-12-7-9(3)15(17)10(4)14(12)16(13)18-6/h7-8H,1-6H3,(H,18,19). The van der Waals surface area contributed by atoms with Gasteiger partial charge in [-0.05, 0) is 49.4 Å². The summed E-state index contributed by atoms with van der Waals surface area (Å²) >= 11 is 3.69. The SMILES string of the molecule is CNc1c(C(C)C)c(C)nc2cc(C)c(Br)c(C)c12. The van der Waals surface area contributed by atoms with E-state index in [4.69, 9.17) is 4.98 Å². The summed E-state index contributed by atoms with van der Waals surface area (Å²) in [6, 6.07) is 2.16. The normalized spacial score (nSPS) is 11.4. The van der Waals surface area contributed by atoms with Crippen molar-refractivity contribution in [3.63, 3.8) is 0 Å². The van der Waals surface area contributed by atoms with Gasteiger partial charge >= 0.3 is 0 Å². The first-order valence-electron chi connectivity index (χ1n) is 6.66. The van der Waals surface area contributed by atoms with E-state index >= 15 is 0 Å². The number of anilines is 1. The van der Waals surface area contributed by atoms with Crippen molar-refractivity contribution in [1.82, 2.24) is 4.98 Å². The Balaban J connectivity index is 3.00. The molecule has 0 unspecified atom stereocenters. The highest BCUT2D eigenvalue weighted by atomic mass is 79.9. The molecule has 2 aromatic rings. The van der Waals surface area contributed by atoms with Crippen molar-refractivity contribution in [3.8, 4) is 0 Å². The average Bonchev–Trinajstić information content (AvgIpc) is 2.33. The number of benzene rings is 1. The fourth-order valence-corrected chi connectivity index (χ4v) is 3.18. The van der Waals surface area contributed by atoms with Crippen LogP contribution in [0.5, 0.6) is 0 Å².